The summed E-state index contributed by atoms with van der Waals surface area (Å²) in [4.78, 5) is 12.5. The summed E-state index contributed by atoms with van der Waals surface area (Å²) in [6, 6.07) is 13.0. The minimum absolute atomic E-state index is 0.370. The lowest BCUT2D eigenvalue weighted by Gasteiger charge is -2.28. The van der Waals surface area contributed by atoms with Crippen LogP contribution in [0.2, 0.25) is 5.02 Å². The van der Waals surface area contributed by atoms with Crippen LogP contribution in [0.5, 0.6) is 5.75 Å². The summed E-state index contributed by atoms with van der Waals surface area (Å²) in [5.41, 5.74) is 1.43. The van der Waals surface area contributed by atoms with Crippen molar-refractivity contribution in [3.8, 4) is 5.75 Å². The number of amides is 1. The predicted octanol–water partition coefficient (Wildman–Crippen LogP) is 2.86. The number of ether oxygens (including phenoxy) is 1. The molecule has 2 aromatic rings. The number of sulfonamides is 1. The van der Waals surface area contributed by atoms with Crippen molar-refractivity contribution in [3.63, 3.8) is 0 Å². The molecule has 1 atom stereocenters. The molecule has 0 aliphatic carbocycles. The maximum atomic E-state index is 12.5. The second-order valence-corrected chi connectivity index (χ2v) is 8.40. The number of benzene rings is 2. The van der Waals surface area contributed by atoms with Crippen LogP contribution in [0.4, 0.5) is 5.69 Å². The molecule has 0 radical (unpaired) electrons. The Kier molecular flexibility index (Phi) is 7.10. The zero-order chi connectivity index (χ0) is 20.0. The molecule has 8 heteroatoms. The second kappa shape index (κ2) is 9.10. The van der Waals surface area contributed by atoms with Gasteiger partial charge >= 0.3 is 0 Å². The zero-order valence-electron chi connectivity index (χ0n) is 15.5. The van der Waals surface area contributed by atoms with Crippen LogP contribution >= 0.6 is 11.6 Å². The third-order valence-electron chi connectivity index (χ3n) is 4.04. The summed E-state index contributed by atoms with van der Waals surface area (Å²) in [7, 11) is -2.12. The Balaban J connectivity index is 2.06. The van der Waals surface area contributed by atoms with E-state index in [1.807, 2.05) is 12.1 Å². The number of halogens is 1. The number of anilines is 1. The van der Waals surface area contributed by atoms with E-state index in [1.54, 1.807) is 43.3 Å². The Hall–Kier alpha value is -2.25. The maximum Gasteiger partial charge on any atom is 0.243 e. The molecular weight excluding hydrogens is 388 g/mol. The molecule has 0 aliphatic heterocycles. The molecule has 0 aromatic heterocycles. The van der Waals surface area contributed by atoms with Crippen LogP contribution in [0.25, 0.3) is 0 Å². The van der Waals surface area contributed by atoms with E-state index in [0.717, 1.165) is 16.1 Å². The van der Waals surface area contributed by atoms with Crippen LogP contribution in [0, 0.1) is 0 Å². The highest BCUT2D eigenvalue weighted by atomic mass is 35.5. The van der Waals surface area contributed by atoms with Gasteiger partial charge in [-0.15, -0.1) is 0 Å². The number of hydrogen-bond donors (Lipinski definition) is 1. The molecular formula is C19H23ClN2O4S. The molecule has 2 aromatic carbocycles. The Morgan fingerprint density at radius 2 is 1.74 bits per heavy atom. The molecule has 6 nitrogen and oxygen atoms in total. The topological polar surface area (TPSA) is 75.7 Å². The summed E-state index contributed by atoms with van der Waals surface area (Å²) in [5, 5.41) is 3.44. The van der Waals surface area contributed by atoms with Crippen LogP contribution in [0.3, 0.4) is 0 Å². The van der Waals surface area contributed by atoms with Gasteiger partial charge in [-0.05, 0) is 55.3 Å². The lowest BCUT2D eigenvalue weighted by atomic mass is 10.1. The van der Waals surface area contributed by atoms with Gasteiger partial charge in [0, 0.05) is 11.6 Å². The first-order valence-electron chi connectivity index (χ1n) is 8.38. The van der Waals surface area contributed by atoms with Gasteiger partial charge in [-0.2, -0.15) is 0 Å². The van der Waals surface area contributed by atoms with Crippen LogP contribution in [0.1, 0.15) is 12.5 Å². The molecule has 2 rings (SSSR count). The van der Waals surface area contributed by atoms with Crippen molar-refractivity contribution in [3.05, 3.63) is 59.1 Å². The molecule has 0 unspecified atom stereocenters. The smallest absolute Gasteiger partial charge is 0.243 e. The molecule has 0 fully saturated rings. The standard InChI is InChI=1S/C19H23ClN2O4S/c1-14(19(23)21-13-12-15-4-6-16(20)7-5-15)22(27(3,24)25)17-8-10-18(26-2)11-9-17/h4-11,14H,12-13H2,1-3H3,(H,21,23)/t14-/m1/s1. The lowest BCUT2D eigenvalue weighted by Crippen LogP contribution is -2.48. The number of carbonyl (C=O) groups excluding carboxylic acids is 1. The summed E-state index contributed by atoms with van der Waals surface area (Å²) in [6.07, 6.45) is 1.70. The monoisotopic (exact) mass is 410 g/mol. The highest BCUT2D eigenvalue weighted by molar-refractivity contribution is 7.92. The van der Waals surface area contributed by atoms with E-state index in [0.29, 0.717) is 29.4 Å². The van der Waals surface area contributed by atoms with Crippen LogP contribution in [-0.2, 0) is 21.2 Å². The van der Waals surface area contributed by atoms with Gasteiger partial charge in [0.05, 0.1) is 19.1 Å². The molecule has 0 saturated carbocycles. The molecule has 0 aliphatic rings. The molecule has 0 spiro atoms. The minimum atomic E-state index is -3.65. The summed E-state index contributed by atoms with van der Waals surface area (Å²) in [5.74, 6) is 0.234. The molecule has 146 valence electrons. The van der Waals surface area contributed by atoms with Crippen molar-refractivity contribution >= 4 is 33.2 Å². The number of carbonyl (C=O) groups is 1. The first kappa shape index (κ1) is 21.1. The number of nitrogens with one attached hydrogen (secondary N) is 1. The van der Waals surface area contributed by atoms with E-state index in [2.05, 4.69) is 5.32 Å². The highest BCUT2D eigenvalue weighted by Gasteiger charge is 2.28. The quantitative estimate of drug-likeness (QED) is 0.726. The van der Waals surface area contributed by atoms with Gasteiger partial charge in [0.15, 0.2) is 0 Å². The third kappa shape index (κ3) is 5.87. The largest absolute Gasteiger partial charge is 0.497 e. The van der Waals surface area contributed by atoms with Gasteiger partial charge in [-0.25, -0.2) is 8.42 Å². The van der Waals surface area contributed by atoms with E-state index in [1.165, 1.54) is 7.11 Å². The molecule has 0 saturated heterocycles. The molecule has 1 amide bonds. The Morgan fingerprint density at radius 3 is 2.26 bits per heavy atom. The minimum Gasteiger partial charge on any atom is -0.497 e. The molecule has 1 N–H and O–H groups in total. The Bertz CT molecular complexity index is 868. The fourth-order valence-electron chi connectivity index (χ4n) is 2.67. The van der Waals surface area contributed by atoms with Gasteiger partial charge in [0.1, 0.15) is 11.8 Å². The van der Waals surface area contributed by atoms with E-state index in [9.17, 15) is 13.2 Å². The molecule has 0 bridgehead atoms. The number of hydrogen-bond acceptors (Lipinski definition) is 4. The average molecular weight is 411 g/mol. The predicted molar refractivity (Wildman–Crippen MR) is 108 cm³/mol. The van der Waals surface area contributed by atoms with E-state index in [4.69, 9.17) is 16.3 Å². The Labute approximate surface area is 165 Å². The van der Waals surface area contributed by atoms with Crippen LogP contribution in [0.15, 0.2) is 48.5 Å². The number of rotatable bonds is 8. The first-order valence-corrected chi connectivity index (χ1v) is 10.6. The van der Waals surface area contributed by atoms with Gasteiger partial charge in [-0.1, -0.05) is 23.7 Å². The first-order chi connectivity index (χ1) is 12.7. The summed E-state index contributed by atoms with van der Waals surface area (Å²) < 4.78 is 30.7. The lowest BCUT2D eigenvalue weighted by molar-refractivity contribution is -0.121. The highest BCUT2D eigenvalue weighted by Crippen LogP contribution is 2.23. The van der Waals surface area contributed by atoms with Crippen molar-refractivity contribution in [2.45, 2.75) is 19.4 Å². The average Bonchev–Trinajstić information content (AvgIpc) is 2.62. The van der Waals surface area contributed by atoms with Crippen LogP contribution < -0.4 is 14.4 Å². The van der Waals surface area contributed by atoms with Crippen molar-refractivity contribution in [1.82, 2.24) is 5.32 Å². The SMILES string of the molecule is COc1ccc(N([C@H](C)C(=O)NCCc2ccc(Cl)cc2)S(C)(=O)=O)cc1. The van der Waals surface area contributed by atoms with Gasteiger partial charge in [-0.3, -0.25) is 9.10 Å². The summed E-state index contributed by atoms with van der Waals surface area (Å²) in [6.45, 7) is 1.95. The third-order valence-corrected chi connectivity index (χ3v) is 5.54. The van der Waals surface area contributed by atoms with Gasteiger partial charge in [0.25, 0.3) is 0 Å². The van der Waals surface area contributed by atoms with Gasteiger partial charge in [0.2, 0.25) is 15.9 Å². The van der Waals surface area contributed by atoms with E-state index < -0.39 is 16.1 Å². The summed E-state index contributed by atoms with van der Waals surface area (Å²) >= 11 is 5.85. The van der Waals surface area contributed by atoms with Crippen molar-refractivity contribution in [2.75, 3.05) is 24.2 Å². The normalized spacial score (nSPS) is 12.3. The Morgan fingerprint density at radius 1 is 1.15 bits per heavy atom. The fourth-order valence-corrected chi connectivity index (χ4v) is 3.97. The van der Waals surface area contributed by atoms with Crippen molar-refractivity contribution < 1.29 is 17.9 Å². The molecule has 27 heavy (non-hydrogen) atoms. The van der Waals surface area contributed by atoms with E-state index in [-0.39, 0.29) is 5.91 Å². The van der Waals surface area contributed by atoms with E-state index >= 15 is 0 Å². The fraction of sp³-hybridized carbons (Fsp3) is 0.316. The second-order valence-electron chi connectivity index (χ2n) is 6.10. The van der Waals surface area contributed by atoms with Crippen molar-refractivity contribution in [2.24, 2.45) is 0 Å². The number of methoxy groups -OCH3 is 1. The maximum absolute atomic E-state index is 12.5. The molecule has 0 heterocycles. The van der Waals surface area contributed by atoms with Gasteiger partial charge < -0.3 is 10.1 Å². The van der Waals surface area contributed by atoms with Crippen LogP contribution in [-0.4, -0.2) is 40.3 Å². The van der Waals surface area contributed by atoms with Crippen molar-refractivity contribution in [1.29, 1.82) is 0 Å². The zero-order valence-corrected chi connectivity index (χ0v) is 17.0. The number of nitrogens with zero attached hydrogens (tertiary/aromatic N) is 1.